The first kappa shape index (κ1) is 18.0. The number of ether oxygens (including phenoxy) is 2. The molecule has 1 atom stereocenters. The van der Waals surface area contributed by atoms with Gasteiger partial charge in [0.2, 0.25) is 0 Å². The van der Waals surface area contributed by atoms with E-state index >= 15 is 0 Å². The molecule has 0 saturated carbocycles. The second-order valence-electron chi connectivity index (χ2n) is 7.12. The normalized spacial score (nSPS) is 16.2. The van der Waals surface area contributed by atoms with Crippen LogP contribution in [0.2, 0.25) is 0 Å². The number of nitrogens with one attached hydrogen (secondary N) is 1. The SMILES string of the molecule is COc1ccc(CCNc2ncnc3sc4c(c23)CC[C@@H](C)C4)cc1OC. The lowest BCUT2D eigenvalue weighted by Crippen LogP contribution is -2.10. The van der Waals surface area contributed by atoms with E-state index in [0.29, 0.717) is 0 Å². The Labute approximate surface area is 163 Å². The number of thiophene rings is 1. The average Bonchev–Trinajstić information content (AvgIpc) is 3.06. The molecule has 1 N–H and O–H groups in total. The van der Waals surface area contributed by atoms with Crippen LogP contribution in [0, 0.1) is 5.92 Å². The standard InChI is InChI=1S/C21H25N3O2S/c1-13-4-6-15-18(10-13)27-21-19(15)20(23-12-24-21)22-9-8-14-5-7-16(25-2)17(11-14)26-3/h5,7,11-13H,4,6,8-10H2,1-3H3,(H,22,23,24)/t13-/m1/s1. The number of aromatic nitrogens is 2. The highest BCUT2D eigenvalue weighted by molar-refractivity contribution is 7.19. The Morgan fingerprint density at radius 1 is 1.19 bits per heavy atom. The first-order valence-electron chi connectivity index (χ1n) is 9.39. The smallest absolute Gasteiger partial charge is 0.160 e. The summed E-state index contributed by atoms with van der Waals surface area (Å²) in [5.41, 5.74) is 2.66. The zero-order valence-corrected chi connectivity index (χ0v) is 16.9. The van der Waals surface area contributed by atoms with Gasteiger partial charge in [0.05, 0.1) is 19.6 Å². The maximum absolute atomic E-state index is 5.39. The molecular formula is C21H25N3O2S. The van der Waals surface area contributed by atoms with Crippen LogP contribution >= 0.6 is 11.3 Å². The van der Waals surface area contributed by atoms with Gasteiger partial charge >= 0.3 is 0 Å². The molecule has 1 aliphatic carbocycles. The number of fused-ring (bicyclic) bond motifs is 3. The molecule has 0 spiro atoms. The van der Waals surface area contributed by atoms with Crippen molar-refractivity contribution in [2.45, 2.75) is 32.6 Å². The Balaban J connectivity index is 1.51. The predicted octanol–water partition coefficient (Wildman–Crippen LogP) is 4.49. The van der Waals surface area contributed by atoms with Crippen molar-refractivity contribution in [1.82, 2.24) is 9.97 Å². The molecule has 3 aromatic rings. The molecule has 1 aromatic carbocycles. The summed E-state index contributed by atoms with van der Waals surface area (Å²) in [6.07, 6.45) is 6.11. The summed E-state index contributed by atoms with van der Waals surface area (Å²) in [5.74, 6) is 3.25. The van der Waals surface area contributed by atoms with Crippen molar-refractivity contribution in [1.29, 1.82) is 0 Å². The molecular weight excluding hydrogens is 358 g/mol. The van der Waals surface area contributed by atoms with Gasteiger partial charge in [-0.25, -0.2) is 9.97 Å². The summed E-state index contributed by atoms with van der Waals surface area (Å²) in [6.45, 7) is 3.14. The summed E-state index contributed by atoms with van der Waals surface area (Å²) in [4.78, 5) is 11.7. The van der Waals surface area contributed by atoms with E-state index in [1.165, 1.54) is 34.2 Å². The minimum absolute atomic E-state index is 0.755. The first-order valence-corrected chi connectivity index (χ1v) is 10.2. The van der Waals surface area contributed by atoms with Crippen molar-refractivity contribution in [2.75, 3.05) is 26.1 Å². The molecule has 27 heavy (non-hydrogen) atoms. The Morgan fingerprint density at radius 3 is 2.85 bits per heavy atom. The van der Waals surface area contributed by atoms with Crippen molar-refractivity contribution in [3.63, 3.8) is 0 Å². The van der Waals surface area contributed by atoms with Crippen LogP contribution in [0.25, 0.3) is 10.2 Å². The fraction of sp³-hybridized carbons (Fsp3) is 0.429. The van der Waals surface area contributed by atoms with Crippen LogP contribution in [0.3, 0.4) is 0 Å². The Morgan fingerprint density at radius 2 is 2.04 bits per heavy atom. The molecule has 1 aliphatic rings. The minimum atomic E-state index is 0.755. The van der Waals surface area contributed by atoms with Gasteiger partial charge in [0.15, 0.2) is 11.5 Å². The highest BCUT2D eigenvalue weighted by atomic mass is 32.1. The highest BCUT2D eigenvalue weighted by Crippen LogP contribution is 2.39. The predicted molar refractivity (Wildman–Crippen MR) is 110 cm³/mol. The minimum Gasteiger partial charge on any atom is -0.493 e. The second-order valence-corrected chi connectivity index (χ2v) is 8.20. The number of hydrogen-bond donors (Lipinski definition) is 1. The molecule has 2 aromatic heterocycles. The van der Waals surface area contributed by atoms with Crippen molar-refractivity contribution in [3.8, 4) is 11.5 Å². The van der Waals surface area contributed by atoms with Gasteiger partial charge < -0.3 is 14.8 Å². The summed E-state index contributed by atoms with van der Waals surface area (Å²) in [7, 11) is 3.32. The maximum atomic E-state index is 5.39. The summed E-state index contributed by atoms with van der Waals surface area (Å²) in [6, 6.07) is 6.06. The number of aryl methyl sites for hydroxylation is 1. The largest absolute Gasteiger partial charge is 0.493 e. The molecule has 0 aliphatic heterocycles. The number of nitrogens with zero attached hydrogens (tertiary/aromatic N) is 2. The van der Waals surface area contributed by atoms with Crippen LogP contribution < -0.4 is 14.8 Å². The Hall–Kier alpha value is -2.34. The number of methoxy groups -OCH3 is 2. The molecule has 4 rings (SSSR count). The lowest BCUT2D eigenvalue weighted by atomic mass is 9.89. The van der Waals surface area contributed by atoms with Gasteiger partial charge in [-0.05, 0) is 54.9 Å². The van der Waals surface area contributed by atoms with E-state index in [1.807, 2.05) is 23.5 Å². The molecule has 6 heteroatoms. The van der Waals surface area contributed by atoms with Crippen molar-refractivity contribution >= 4 is 27.4 Å². The van der Waals surface area contributed by atoms with Gasteiger partial charge in [-0.2, -0.15) is 0 Å². The van der Waals surface area contributed by atoms with Crippen molar-refractivity contribution < 1.29 is 9.47 Å². The maximum Gasteiger partial charge on any atom is 0.160 e. The average molecular weight is 384 g/mol. The van der Waals surface area contributed by atoms with E-state index < -0.39 is 0 Å². The molecule has 0 amide bonds. The van der Waals surface area contributed by atoms with Gasteiger partial charge in [-0.3, -0.25) is 0 Å². The van der Waals surface area contributed by atoms with Crippen LogP contribution in [0.4, 0.5) is 5.82 Å². The third-order valence-electron chi connectivity index (χ3n) is 5.25. The summed E-state index contributed by atoms with van der Waals surface area (Å²) >= 11 is 1.83. The first-order chi connectivity index (χ1) is 13.2. The van der Waals surface area contributed by atoms with Crippen LogP contribution in [-0.4, -0.2) is 30.7 Å². The van der Waals surface area contributed by atoms with E-state index in [-0.39, 0.29) is 0 Å². The molecule has 5 nitrogen and oxygen atoms in total. The van der Waals surface area contributed by atoms with Crippen molar-refractivity contribution in [2.24, 2.45) is 5.92 Å². The van der Waals surface area contributed by atoms with Crippen LogP contribution in [-0.2, 0) is 19.3 Å². The topological polar surface area (TPSA) is 56.3 Å². The van der Waals surface area contributed by atoms with Gasteiger partial charge in [-0.1, -0.05) is 13.0 Å². The zero-order valence-electron chi connectivity index (χ0n) is 16.0. The van der Waals surface area contributed by atoms with E-state index in [1.54, 1.807) is 20.5 Å². The number of rotatable bonds is 6. The third-order valence-corrected chi connectivity index (χ3v) is 6.41. The summed E-state index contributed by atoms with van der Waals surface area (Å²) in [5, 5.41) is 4.77. The van der Waals surface area contributed by atoms with E-state index in [4.69, 9.17) is 9.47 Å². The number of anilines is 1. The highest BCUT2D eigenvalue weighted by Gasteiger charge is 2.22. The van der Waals surface area contributed by atoms with Crippen LogP contribution in [0.15, 0.2) is 24.5 Å². The van der Waals surface area contributed by atoms with E-state index in [0.717, 1.165) is 47.5 Å². The van der Waals surface area contributed by atoms with Gasteiger partial charge in [0.1, 0.15) is 17.0 Å². The number of hydrogen-bond acceptors (Lipinski definition) is 6. The van der Waals surface area contributed by atoms with Gasteiger partial charge in [0.25, 0.3) is 0 Å². The Kier molecular flexibility index (Phi) is 5.16. The zero-order chi connectivity index (χ0) is 18.8. The fourth-order valence-electron chi connectivity index (χ4n) is 3.77. The van der Waals surface area contributed by atoms with Crippen LogP contribution in [0.1, 0.15) is 29.3 Å². The molecule has 0 fully saturated rings. The van der Waals surface area contributed by atoms with Gasteiger partial charge in [-0.15, -0.1) is 11.3 Å². The molecule has 0 radical (unpaired) electrons. The lowest BCUT2D eigenvalue weighted by Gasteiger charge is -2.18. The fourth-order valence-corrected chi connectivity index (χ4v) is 5.12. The second kappa shape index (κ2) is 7.72. The van der Waals surface area contributed by atoms with E-state index in [9.17, 15) is 0 Å². The molecule has 0 bridgehead atoms. The third kappa shape index (κ3) is 3.58. The molecule has 2 heterocycles. The molecule has 142 valence electrons. The monoisotopic (exact) mass is 383 g/mol. The van der Waals surface area contributed by atoms with Crippen molar-refractivity contribution in [3.05, 3.63) is 40.5 Å². The summed E-state index contributed by atoms with van der Waals surface area (Å²) < 4.78 is 10.7. The van der Waals surface area contributed by atoms with E-state index in [2.05, 4.69) is 28.3 Å². The lowest BCUT2D eigenvalue weighted by molar-refractivity contribution is 0.354. The van der Waals surface area contributed by atoms with Gasteiger partial charge in [0, 0.05) is 11.4 Å². The van der Waals surface area contributed by atoms with Crippen LogP contribution in [0.5, 0.6) is 11.5 Å². The molecule has 0 saturated heterocycles. The number of benzene rings is 1. The quantitative estimate of drug-likeness (QED) is 0.680. The Bertz CT molecular complexity index is 954. The molecule has 0 unspecified atom stereocenters.